The van der Waals surface area contributed by atoms with Crippen LogP contribution in [0.4, 0.5) is 5.69 Å². The molecule has 1 aromatic carbocycles. The number of rotatable bonds is 2. The molecule has 0 bridgehead atoms. The number of benzene rings is 1. The molecule has 1 atom stereocenters. The van der Waals surface area contributed by atoms with Crippen LogP contribution in [0.5, 0.6) is 0 Å². The molecule has 1 unspecified atom stereocenters. The first-order valence-corrected chi connectivity index (χ1v) is 8.32. The fraction of sp³-hybridized carbons (Fsp3) is 0.562. The van der Waals surface area contributed by atoms with Crippen LogP contribution in [0.2, 0.25) is 0 Å². The van der Waals surface area contributed by atoms with Crippen LogP contribution < -0.4 is 5.73 Å². The van der Waals surface area contributed by atoms with E-state index in [1.54, 1.807) is 6.07 Å². The SMILES string of the molecule is Nc1cc(C(=O)N2CCCC2C2CCCC2)ccc1Br. The van der Waals surface area contributed by atoms with Crippen LogP contribution in [0.25, 0.3) is 0 Å². The molecule has 0 aromatic heterocycles. The Morgan fingerprint density at radius 2 is 1.95 bits per heavy atom. The molecule has 2 fully saturated rings. The summed E-state index contributed by atoms with van der Waals surface area (Å²) in [6.07, 6.45) is 7.54. The van der Waals surface area contributed by atoms with E-state index < -0.39 is 0 Å². The van der Waals surface area contributed by atoms with Gasteiger partial charge in [-0.15, -0.1) is 0 Å². The molecule has 0 radical (unpaired) electrons. The van der Waals surface area contributed by atoms with Crippen LogP contribution in [-0.2, 0) is 0 Å². The van der Waals surface area contributed by atoms with Crippen molar-refractivity contribution in [3.63, 3.8) is 0 Å². The highest BCUT2D eigenvalue weighted by Crippen LogP contribution is 2.36. The lowest BCUT2D eigenvalue weighted by Crippen LogP contribution is -2.39. The molecule has 1 saturated heterocycles. The van der Waals surface area contributed by atoms with E-state index in [9.17, 15) is 4.79 Å². The van der Waals surface area contributed by atoms with Crippen molar-refractivity contribution in [1.29, 1.82) is 0 Å². The topological polar surface area (TPSA) is 46.3 Å². The summed E-state index contributed by atoms with van der Waals surface area (Å²) >= 11 is 3.38. The molecular weight excluding hydrogens is 316 g/mol. The average molecular weight is 337 g/mol. The minimum atomic E-state index is 0.151. The number of nitrogen functional groups attached to an aromatic ring is 1. The molecular formula is C16H21BrN2O. The van der Waals surface area contributed by atoms with Gasteiger partial charge in [-0.1, -0.05) is 12.8 Å². The number of nitrogens with two attached hydrogens (primary N) is 1. The van der Waals surface area contributed by atoms with E-state index in [-0.39, 0.29) is 5.91 Å². The Kier molecular flexibility index (Phi) is 4.01. The lowest BCUT2D eigenvalue weighted by Gasteiger charge is -2.29. The third-order valence-corrected chi connectivity index (χ3v) is 5.47. The average Bonchev–Trinajstić information content (AvgIpc) is 3.10. The van der Waals surface area contributed by atoms with Crippen LogP contribution in [0, 0.1) is 5.92 Å². The van der Waals surface area contributed by atoms with E-state index in [1.807, 2.05) is 12.1 Å². The number of anilines is 1. The molecule has 2 N–H and O–H groups in total. The monoisotopic (exact) mass is 336 g/mol. The Bertz CT molecular complexity index is 511. The summed E-state index contributed by atoms with van der Waals surface area (Å²) < 4.78 is 0.850. The van der Waals surface area contributed by atoms with Gasteiger partial charge in [0.25, 0.3) is 5.91 Å². The minimum absolute atomic E-state index is 0.151. The standard InChI is InChI=1S/C16H21BrN2O/c17-13-8-7-12(10-14(13)18)16(20)19-9-3-6-15(19)11-4-1-2-5-11/h7-8,10-11,15H,1-6,9,18H2. The second-order valence-electron chi connectivity index (χ2n) is 5.99. The van der Waals surface area contributed by atoms with Crippen LogP contribution in [0.15, 0.2) is 22.7 Å². The Hall–Kier alpha value is -1.03. The zero-order valence-corrected chi connectivity index (χ0v) is 13.2. The van der Waals surface area contributed by atoms with Crippen LogP contribution >= 0.6 is 15.9 Å². The Morgan fingerprint density at radius 3 is 2.65 bits per heavy atom. The van der Waals surface area contributed by atoms with Crippen LogP contribution in [-0.4, -0.2) is 23.4 Å². The molecule has 1 aliphatic heterocycles. The van der Waals surface area contributed by atoms with Gasteiger partial charge < -0.3 is 10.6 Å². The molecule has 1 aromatic rings. The zero-order chi connectivity index (χ0) is 14.1. The normalized spacial score (nSPS) is 23.4. The van der Waals surface area contributed by atoms with Gasteiger partial charge in [0.15, 0.2) is 0 Å². The number of hydrogen-bond donors (Lipinski definition) is 1. The summed E-state index contributed by atoms with van der Waals surface area (Å²) in [5, 5.41) is 0. The summed E-state index contributed by atoms with van der Waals surface area (Å²) in [7, 11) is 0. The molecule has 4 heteroatoms. The smallest absolute Gasteiger partial charge is 0.254 e. The molecule has 3 rings (SSSR count). The van der Waals surface area contributed by atoms with E-state index in [1.165, 1.54) is 32.1 Å². The lowest BCUT2D eigenvalue weighted by atomic mass is 9.95. The van der Waals surface area contributed by atoms with Crippen molar-refractivity contribution in [3.8, 4) is 0 Å². The molecule has 1 heterocycles. The Morgan fingerprint density at radius 1 is 1.20 bits per heavy atom. The molecule has 2 aliphatic rings. The van der Waals surface area contributed by atoms with Crippen molar-refractivity contribution in [2.45, 2.75) is 44.6 Å². The van der Waals surface area contributed by atoms with Gasteiger partial charge in [-0.3, -0.25) is 4.79 Å². The van der Waals surface area contributed by atoms with Gasteiger partial charge in [0.1, 0.15) is 0 Å². The van der Waals surface area contributed by atoms with Crippen molar-refractivity contribution < 1.29 is 4.79 Å². The summed E-state index contributed by atoms with van der Waals surface area (Å²) in [4.78, 5) is 14.8. The number of amides is 1. The first-order valence-electron chi connectivity index (χ1n) is 7.53. The summed E-state index contributed by atoms with van der Waals surface area (Å²) in [5.41, 5.74) is 7.25. The van der Waals surface area contributed by atoms with Gasteiger partial charge in [-0.05, 0) is 65.7 Å². The second-order valence-corrected chi connectivity index (χ2v) is 6.84. The fourth-order valence-electron chi connectivity index (χ4n) is 3.72. The van der Waals surface area contributed by atoms with E-state index in [2.05, 4.69) is 20.8 Å². The Balaban J connectivity index is 1.79. The van der Waals surface area contributed by atoms with Gasteiger partial charge >= 0.3 is 0 Å². The number of likely N-dealkylation sites (tertiary alicyclic amines) is 1. The van der Waals surface area contributed by atoms with Crippen molar-refractivity contribution in [2.75, 3.05) is 12.3 Å². The molecule has 108 valence electrons. The van der Waals surface area contributed by atoms with Gasteiger partial charge in [0.05, 0.1) is 0 Å². The second kappa shape index (κ2) is 5.76. The molecule has 0 spiro atoms. The first-order chi connectivity index (χ1) is 9.66. The summed E-state index contributed by atoms with van der Waals surface area (Å²) in [5.74, 6) is 0.868. The number of carbonyl (C=O) groups excluding carboxylic acids is 1. The third-order valence-electron chi connectivity index (χ3n) is 4.75. The van der Waals surface area contributed by atoms with E-state index in [0.29, 0.717) is 17.6 Å². The van der Waals surface area contributed by atoms with Crippen molar-refractivity contribution in [2.24, 2.45) is 5.92 Å². The summed E-state index contributed by atoms with van der Waals surface area (Å²) in [6, 6.07) is 5.97. The first kappa shape index (κ1) is 13.9. The number of carbonyl (C=O) groups is 1. The molecule has 1 amide bonds. The van der Waals surface area contributed by atoms with Crippen molar-refractivity contribution in [3.05, 3.63) is 28.2 Å². The van der Waals surface area contributed by atoms with Gasteiger partial charge in [0.2, 0.25) is 0 Å². The van der Waals surface area contributed by atoms with Crippen LogP contribution in [0.3, 0.4) is 0 Å². The molecule has 1 saturated carbocycles. The van der Waals surface area contributed by atoms with Gasteiger partial charge in [-0.2, -0.15) is 0 Å². The zero-order valence-electron chi connectivity index (χ0n) is 11.6. The highest BCUT2D eigenvalue weighted by molar-refractivity contribution is 9.10. The van der Waals surface area contributed by atoms with Crippen molar-refractivity contribution >= 4 is 27.5 Å². The maximum absolute atomic E-state index is 12.7. The fourth-order valence-corrected chi connectivity index (χ4v) is 3.97. The quantitative estimate of drug-likeness (QED) is 0.834. The Labute approximate surface area is 128 Å². The van der Waals surface area contributed by atoms with E-state index in [0.717, 1.165) is 23.0 Å². The van der Waals surface area contributed by atoms with E-state index >= 15 is 0 Å². The minimum Gasteiger partial charge on any atom is -0.398 e. The largest absolute Gasteiger partial charge is 0.398 e. The highest BCUT2D eigenvalue weighted by atomic mass is 79.9. The van der Waals surface area contributed by atoms with Crippen LogP contribution in [0.1, 0.15) is 48.9 Å². The predicted octanol–water partition coefficient (Wildman–Crippen LogP) is 3.83. The number of halogens is 1. The molecule has 20 heavy (non-hydrogen) atoms. The van der Waals surface area contributed by atoms with E-state index in [4.69, 9.17) is 5.73 Å². The number of nitrogens with zero attached hydrogens (tertiary/aromatic N) is 1. The summed E-state index contributed by atoms with van der Waals surface area (Å²) in [6.45, 7) is 0.899. The maximum Gasteiger partial charge on any atom is 0.254 e. The third kappa shape index (κ3) is 2.58. The van der Waals surface area contributed by atoms with Crippen molar-refractivity contribution in [1.82, 2.24) is 4.90 Å². The van der Waals surface area contributed by atoms with Gasteiger partial charge in [0, 0.05) is 28.3 Å². The molecule has 3 nitrogen and oxygen atoms in total. The highest BCUT2D eigenvalue weighted by Gasteiger charge is 2.36. The predicted molar refractivity (Wildman–Crippen MR) is 84.6 cm³/mol. The molecule has 1 aliphatic carbocycles. The maximum atomic E-state index is 12.7. The number of hydrogen-bond acceptors (Lipinski definition) is 2. The van der Waals surface area contributed by atoms with Gasteiger partial charge in [-0.25, -0.2) is 0 Å². The lowest BCUT2D eigenvalue weighted by molar-refractivity contribution is 0.0689.